The van der Waals surface area contributed by atoms with Gasteiger partial charge in [-0.15, -0.1) is 24.0 Å². The molecule has 166 valence electrons. The number of piperidine rings is 1. The van der Waals surface area contributed by atoms with E-state index in [1.54, 1.807) is 19.8 Å². The van der Waals surface area contributed by atoms with Gasteiger partial charge in [-0.25, -0.2) is 9.67 Å². The SMILES string of the molecule is CN=C(NCc1cccc(Cn2cncn2)c1)N1CCC(OCCCOC)CC1.I. The molecule has 0 aliphatic carbocycles. The zero-order valence-corrected chi connectivity index (χ0v) is 20.2. The Morgan fingerprint density at radius 3 is 2.73 bits per heavy atom. The summed E-state index contributed by atoms with van der Waals surface area (Å²) in [5, 5.41) is 7.67. The number of aliphatic imine (C=N–C) groups is 1. The third-order valence-corrected chi connectivity index (χ3v) is 5.05. The van der Waals surface area contributed by atoms with Gasteiger partial charge in [-0.3, -0.25) is 4.99 Å². The van der Waals surface area contributed by atoms with Gasteiger partial charge in [-0.05, 0) is 30.4 Å². The van der Waals surface area contributed by atoms with Crippen molar-refractivity contribution in [2.24, 2.45) is 4.99 Å². The number of ether oxygens (including phenoxy) is 2. The first kappa shape index (κ1) is 24.5. The molecular weight excluding hydrogens is 495 g/mol. The van der Waals surface area contributed by atoms with E-state index >= 15 is 0 Å². The van der Waals surface area contributed by atoms with Crippen molar-refractivity contribution in [1.82, 2.24) is 25.0 Å². The minimum absolute atomic E-state index is 0. The maximum absolute atomic E-state index is 5.95. The summed E-state index contributed by atoms with van der Waals surface area (Å²) in [6.45, 7) is 4.92. The smallest absolute Gasteiger partial charge is 0.193 e. The van der Waals surface area contributed by atoms with E-state index < -0.39 is 0 Å². The Hall–Kier alpha value is -1.72. The molecule has 1 aromatic carbocycles. The van der Waals surface area contributed by atoms with Gasteiger partial charge in [0.1, 0.15) is 12.7 Å². The Balaban J connectivity index is 0.00000320. The molecule has 0 unspecified atom stereocenters. The Morgan fingerprint density at radius 2 is 2.03 bits per heavy atom. The van der Waals surface area contributed by atoms with Gasteiger partial charge in [0, 0.05) is 47.0 Å². The van der Waals surface area contributed by atoms with Gasteiger partial charge in [0.2, 0.25) is 0 Å². The highest BCUT2D eigenvalue weighted by Gasteiger charge is 2.21. The maximum Gasteiger partial charge on any atom is 0.193 e. The minimum Gasteiger partial charge on any atom is -0.385 e. The van der Waals surface area contributed by atoms with Gasteiger partial charge in [0.15, 0.2) is 5.96 Å². The van der Waals surface area contributed by atoms with Gasteiger partial charge in [0.05, 0.1) is 12.6 Å². The molecule has 30 heavy (non-hydrogen) atoms. The number of methoxy groups -OCH3 is 1. The topological polar surface area (TPSA) is 76.8 Å². The number of nitrogens with zero attached hydrogens (tertiary/aromatic N) is 5. The summed E-state index contributed by atoms with van der Waals surface area (Å²) < 4.78 is 12.9. The Morgan fingerprint density at radius 1 is 1.23 bits per heavy atom. The first-order chi connectivity index (χ1) is 14.3. The van der Waals surface area contributed by atoms with Gasteiger partial charge >= 0.3 is 0 Å². The lowest BCUT2D eigenvalue weighted by Gasteiger charge is -2.34. The molecule has 0 spiro atoms. The zero-order valence-electron chi connectivity index (χ0n) is 17.9. The fourth-order valence-corrected chi connectivity index (χ4v) is 3.54. The first-order valence-electron chi connectivity index (χ1n) is 10.2. The molecule has 1 aliphatic heterocycles. The second-order valence-electron chi connectivity index (χ2n) is 7.22. The zero-order chi connectivity index (χ0) is 20.3. The number of rotatable bonds is 9. The molecular formula is C21H33IN6O2. The van der Waals surface area contributed by atoms with Crippen molar-refractivity contribution < 1.29 is 9.47 Å². The lowest BCUT2D eigenvalue weighted by molar-refractivity contribution is 0.00989. The molecule has 2 aromatic rings. The van der Waals surface area contributed by atoms with Gasteiger partial charge in [0.25, 0.3) is 0 Å². The van der Waals surface area contributed by atoms with Gasteiger partial charge < -0.3 is 19.7 Å². The van der Waals surface area contributed by atoms with Crippen molar-refractivity contribution in [2.45, 2.75) is 38.5 Å². The fourth-order valence-electron chi connectivity index (χ4n) is 3.54. The van der Waals surface area contributed by atoms with Crippen LogP contribution in [0.15, 0.2) is 41.9 Å². The van der Waals surface area contributed by atoms with Crippen LogP contribution in [-0.4, -0.2) is 72.2 Å². The van der Waals surface area contributed by atoms with Crippen LogP contribution in [0.2, 0.25) is 0 Å². The van der Waals surface area contributed by atoms with Crippen LogP contribution in [0.25, 0.3) is 0 Å². The van der Waals surface area contributed by atoms with Crippen molar-refractivity contribution in [3.63, 3.8) is 0 Å². The largest absolute Gasteiger partial charge is 0.385 e. The van der Waals surface area contributed by atoms with Crippen molar-refractivity contribution in [1.29, 1.82) is 0 Å². The number of halogens is 1. The average Bonchev–Trinajstić information content (AvgIpc) is 3.26. The summed E-state index contributed by atoms with van der Waals surface area (Å²) in [6, 6.07) is 8.52. The Kier molecular flexibility index (Phi) is 11.1. The van der Waals surface area contributed by atoms with Crippen molar-refractivity contribution in [3.05, 3.63) is 48.0 Å². The van der Waals surface area contributed by atoms with E-state index in [1.807, 2.05) is 11.7 Å². The second-order valence-corrected chi connectivity index (χ2v) is 7.22. The van der Waals surface area contributed by atoms with Crippen LogP contribution in [0.5, 0.6) is 0 Å². The highest BCUT2D eigenvalue weighted by Crippen LogP contribution is 2.14. The van der Waals surface area contributed by atoms with E-state index in [0.29, 0.717) is 6.10 Å². The second kappa shape index (κ2) is 13.6. The van der Waals surface area contributed by atoms with E-state index in [-0.39, 0.29) is 24.0 Å². The molecule has 1 fully saturated rings. The predicted octanol–water partition coefficient (Wildman–Crippen LogP) is 2.54. The average molecular weight is 528 g/mol. The quantitative estimate of drug-likeness (QED) is 0.234. The number of hydrogen-bond donors (Lipinski definition) is 1. The molecule has 8 nitrogen and oxygen atoms in total. The summed E-state index contributed by atoms with van der Waals surface area (Å²) in [6.07, 6.45) is 6.65. The third kappa shape index (κ3) is 7.84. The number of nitrogens with one attached hydrogen (secondary N) is 1. The summed E-state index contributed by atoms with van der Waals surface area (Å²) >= 11 is 0. The van der Waals surface area contributed by atoms with E-state index in [0.717, 1.165) is 64.6 Å². The summed E-state index contributed by atoms with van der Waals surface area (Å²) in [4.78, 5) is 10.8. The number of likely N-dealkylation sites (tertiary alicyclic amines) is 1. The minimum atomic E-state index is 0. The molecule has 0 atom stereocenters. The first-order valence-corrected chi connectivity index (χ1v) is 10.2. The molecule has 3 rings (SSSR count). The van der Waals surface area contributed by atoms with Crippen LogP contribution in [0.1, 0.15) is 30.4 Å². The fraction of sp³-hybridized carbons (Fsp3) is 0.571. The van der Waals surface area contributed by atoms with E-state index in [4.69, 9.17) is 9.47 Å². The molecule has 0 bridgehead atoms. The van der Waals surface area contributed by atoms with Crippen LogP contribution in [0.3, 0.4) is 0 Å². The normalized spacial score (nSPS) is 15.1. The van der Waals surface area contributed by atoms with Crippen LogP contribution >= 0.6 is 24.0 Å². The lowest BCUT2D eigenvalue weighted by Crippen LogP contribution is -2.46. The van der Waals surface area contributed by atoms with Crippen molar-refractivity contribution in [2.75, 3.05) is 40.5 Å². The third-order valence-electron chi connectivity index (χ3n) is 5.05. The molecule has 2 heterocycles. The number of hydrogen-bond acceptors (Lipinski definition) is 5. The molecule has 0 radical (unpaired) electrons. The molecule has 1 aliphatic rings. The molecule has 0 amide bonds. The van der Waals surface area contributed by atoms with E-state index in [1.165, 1.54) is 11.1 Å². The van der Waals surface area contributed by atoms with Crippen LogP contribution < -0.4 is 5.32 Å². The van der Waals surface area contributed by atoms with Crippen LogP contribution in [0.4, 0.5) is 0 Å². The monoisotopic (exact) mass is 528 g/mol. The molecule has 1 saturated heterocycles. The number of guanidine groups is 1. The van der Waals surface area contributed by atoms with Crippen LogP contribution in [-0.2, 0) is 22.6 Å². The molecule has 1 N–H and O–H groups in total. The summed E-state index contributed by atoms with van der Waals surface area (Å²) in [7, 11) is 3.57. The van der Waals surface area contributed by atoms with Gasteiger partial charge in [-0.1, -0.05) is 24.3 Å². The Labute approximate surface area is 196 Å². The predicted molar refractivity (Wildman–Crippen MR) is 128 cm³/mol. The molecule has 0 saturated carbocycles. The Bertz CT molecular complexity index is 748. The number of aromatic nitrogens is 3. The van der Waals surface area contributed by atoms with Crippen molar-refractivity contribution in [3.8, 4) is 0 Å². The van der Waals surface area contributed by atoms with E-state index in [9.17, 15) is 0 Å². The molecule has 1 aromatic heterocycles. The highest BCUT2D eigenvalue weighted by molar-refractivity contribution is 14.0. The standard InChI is InChI=1S/C21H32N6O2.HI/c1-22-21(26-9-7-20(8-10-26)29-12-4-11-28-2)24-14-18-5-3-6-19(13-18)15-27-17-23-16-25-27;/h3,5-6,13,16-17,20H,4,7-12,14-15H2,1-2H3,(H,22,24);1H. The summed E-state index contributed by atoms with van der Waals surface area (Å²) in [5.41, 5.74) is 2.43. The van der Waals surface area contributed by atoms with E-state index in [2.05, 4.69) is 49.6 Å². The lowest BCUT2D eigenvalue weighted by atomic mass is 10.1. The maximum atomic E-state index is 5.95. The van der Waals surface area contributed by atoms with Crippen LogP contribution in [0, 0.1) is 0 Å². The number of benzene rings is 1. The summed E-state index contributed by atoms with van der Waals surface area (Å²) in [5.74, 6) is 0.949. The van der Waals surface area contributed by atoms with Crippen molar-refractivity contribution >= 4 is 29.9 Å². The van der Waals surface area contributed by atoms with Gasteiger partial charge in [-0.2, -0.15) is 5.10 Å². The molecule has 9 heteroatoms. The highest BCUT2D eigenvalue weighted by atomic mass is 127.